The van der Waals surface area contributed by atoms with Crippen molar-refractivity contribution in [1.82, 2.24) is 9.88 Å². The molecule has 0 aliphatic carbocycles. The molecule has 0 saturated carbocycles. The van der Waals surface area contributed by atoms with Crippen LogP contribution in [0.5, 0.6) is 0 Å². The van der Waals surface area contributed by atoms with Crippen molar-refractivity contribution in [2.24, 2.45) is 0 Å². The number of anilines is 1. The zero-order valence-corrected chi connectivity index (χ0v) is 14.0. The number of hydrogen-bond acceptors (Lipinski definition) is 3. The van der Waals surface area contributed by atoms with Gasteiger partial charge in [-0.25, -0.2) is 0 Å². The second-order valence-corrected chi connectivity index (χ2v) is 6.11. The Kier molecular flexibility index (Phi) is 4.60. The molecule has 124 valence electrons. The number of rotatable bonds is 3. The molecule has 0 saturated heterocycles. The molecule has 0 unspecified atom stereocenters. The summed E-state index contributed by atoms with van der Waals surface area (Å²) in [6.07, 6.45) is 4.36. The third-order valence-corrected chi connectivity index (χ3v) is 4.25. The number of amides is 2. The van der Waals surface area contributed by atoms with Crippen LogP contribution >= 0.6 is 0 Å². The highest BCUT2D eigenvalue weighted by atomic mass is 16.2. The molecule has 2 heterocycles. The third kappa shape index (κ3) is 3.45. The number of nitrogens with one attached hydrogen (secondary N) is 1. The highest BCUT2D eigenvalue weighted by molar-refractivity contribution is 5.96. The summed E-state index contributed by atoms with van der Waals surface area (Å²) in [5.41, 5.74) is 4.78. The Morgan fingerprint density at radius 3 is 2.83 bits per heavy atom. The predicted molar refractivity (Wildman–Crippen MR) is 92.8 cm³/mol. The molecule has 0 atom stereocenters. The predicted octanol–water partition coefficient (Wildman–Crippen LogP) is 2.94. The molecule has 2 amide bonds. The molecule has 0 spiro atoms. The lowest BCUT2D eigenvalue weighted by molar-refractivity contribution is -0.115. The van der Waals surface area contributed by atoms with Gasteiger partial charge in [0.05, 0.1) is 17.4 Å². The fourth-order valence-corrected chi connectivity index (χ4v) is 2.92. The van der Waals surface area contributed by atoms with Gasteiger partial charge in [-0.3, -0.25) is 14.6 Å². The molecule has 24 heavy (non-hydrogen) atoms. The van der Waals surface area contributed by atoms with Crippen LogP contribution in [-0.4, -0.2) is 28.2 Å². The van der Waals surface area contributed by atoms with Crippen molar-refractivity contribution in [3.05, 3.63) is 58.9 Å². The SMILES string of the molecule is CCC(=O)Nc1cncc(C(=O)N2CCc3ccc(C)cc3C2)c1. The van der Waals surface area contributed by atoms with Crippen molar-refractivity contribution in [1.29, 1.82) is 0 Å². The molecule has 1 N–H and O–H groups in total. The lowest BCUT2D eigenvalue weighted by atomic mass is 9.97. The number of fused-ring (bicyclic) bond motifs is 1. The van der Waals surface area contributed by atoms with Crippen LogP contribution in [0, 0.1) is 6.92 Å². The quantitative estimate of drug-likeness (QED) is 0.944. The first kappa shape index (κ1) is 16.2. The van der Waals surface area contributed by atoms with Gasteiger partial charge in [0.25, 0.3) is 5.91 Å². The van der Waals surface area contributed by atoms with E-state index in [4.69, 9.17) is 0 Å². The monoisotopic (exact) mass is 323 g/mol. The number of aromatic nitrogens is 1. The van der Waals surface area contributed by atoms with Crippen LogP contribution in [0.15, 0.2) is 36.7 Å². The minimum absolute atomic E-state index is 0.0535. The summed E-state index contributed by atoms with van der Waals surface area (Å²) in [6.45, 7) is 5.15. The molecule has 2 aromatic rings. The van der Waals surface area contributed by atoms with Gasteiger partial charge in [-0.2, -0.15) is 0 Å². The first-order valence-corrected chi connectivity index (χ1v) is 8.19. The Morgan fingerprint density at radius 1 is 1.21 bits per heavy atom. The van der Waals surface area contributed by atoms with Crippen molar-refractivity contribution in [3.63, 3.8) is 0 Å². The molecule has 3 rings (SSSR count). The fraction of sp³-hybridized carbons (Fsp3) is 0.316. The maximum Gasteiger partial charge on any atom is 0.255 e. The summed E-state index contributed by atoms with van der Waals surface area (Å²) in [4.78, 5) is 30.2. The number of hydrogen-bond donors (Lipinski definition) is 1. The van der Waals surface area contributed by atoms with E-state index in [1.807, 2.05) is 4.90 Å². The largest absolute Gasteiger partial charge is 0.334 e. The van der Waals surface area contributed by atoms with Gasteiger partial charge in [0.15, 0.2) is 0 Å². The number of pyridine rings is 1. The summed E-state index contributed by atoms with van der Waals surface area (Å²) >= 11 is 0. The Bertz CT molecular complexity index is 786. The molecule has 0 bridgehead atoms. The summed E-state index contributed by atoms with van der Waals surface area (Å²) in [5, 5.41) is 2.74. The Hall–Kier alpha value is -2.69. The van der Waals surface area contributed by atoms with Crippen molar-refractivity contribution in [2.45, 2.75) is 33.2 Å². The van der Waals surface area contributed by atoms with Gasteiger partial charge < -0.3 is 10.2 Å². The fourth-order valence-electron chi connectivity index (χ4n) is 2.92. The van der Waals surface area contributed by atoms with E-state index < -0.39 is 0 Å². The van der Waals surface area contributed by atoms with E-state index in [0.717, 1.165) is 6.42 Å². The van der Waals surface area contributed by atoms with Crippen molar-refractivity contribution in [2.75, 3.05) is 11.9 Å². The van der Waals surface area contributed by atoms with E-state index in [1.54, 1.807) is 25.4 Å². The first-order chi connectivity index (χ1) is 11.6. The van der Waals surface area contributed by atoms with Gasteiger partial charge in [-0.15, -0.1) is 0 Å². The third-order valence-electron chi connectivity index (χ3n) is 4.25. The number of aryl methyl sites for hydroxylation is 1. The standard InChI is InChI=1S/C19H21N3O2/c1-3-18(23)21-17-9-15(10-20-11-17)19(24)22-7-6-14-5-4-13(2)8-16(14)12-22/h4-5,8-11H,3,6-7,12H2,1-2H3,(H,21,23). The van der Waals surface area contributed by atoms with E-state index in [1.165, 1.54) is 16.7 Å². The van der Waals surface area contributed by atoms with Crippen molar-refractivity contribution < 1.29 is 9.59 Å². The average Bonchev–Trinajstić information content (AvgIpc) is 2.60. The highest BCUT2D eigenvalue weighted by Gasteiger charge is 2.22. The molecule has 1 aliphatic rings. The second-order valence-electron chi connectivity index (χ2n) is 6.11. The van der Waals surface area contributed by atoms with E-state index in [2.05, 4.69) is 35.4 Å². The minimum atomic E-state index is -0.0937. The van der Waals surface area contributed by atoms with E-state index in [0.29, 0.717) is 30.8 Å². The lowest BCUT2D eigenvalue weighted by Crippen LogP contribution is -2.36. The van der Waals surface area contributed by atoms with Crippen molar-refractivity contribution >= 4 is 17.5 Å². The molecule has 0 radical (unpaired) electrons. The average molecular weight is 323 g/mol. The maximum absolute atomic E-state index is 12.8. The summed E-state index contributed by atoms with van der Waals surface area (Å²) in [6, 6.07) is 8.09. The summed E-state index contributed by atoms with van der Waals surface area (Å²) in [5.74, 6) is -0.147. The summed E-state index contributed by atoms with van der Waals surface area (Å²) in [7, 11) is 0. The molecule has 1 aliphatic heterocycles. The van der Waals surface area contributed by atoms with Crippen LogP contribution < -0.4 is 5.32 Å². The van der Waals surface area contributed by atoms with E-state index in [-0.39, 0.29) is 11.8 Å². The van der Waals surface area contributed by atoms with Crippen LogP contribution in [0.25, 0.3) is 0 Å². The topological polar surface area (TPSA) is 62.3 Å². The smallest absolute Gasteiger partial charge is 0.255 e. The highest BCUT2D eigenvalue weighted by Crippen LogP contribution is 2.22. The van der Waals surface area contributed by atoms with Gasteiger partial charge in [0.1, 0.15) is 0 Å². The molecule has 1 aromatic carbocycles. The van der Waals surface area contributed by atoms with Gasteiger partial charge in [0.2, 0.25) is 5.91 Å². The minimum Gasteiger partial charge on any atom is -0.334 e. The van der Waals surface area contributed by atoms with Crippen LogP contribution in [0.4, 0.5) is 5.69 Å². The van der Waals surface area contributed by atoms with Crippen LogP contribution in [0.1, 0.15) is 40.4 Å². The normalized spacial score (nSPS) is 13.3. The second kappa shape index (κ2) is 6.83. The number of carbonyl (C=O) groups is 2. The van der Waals surface area contributed by atoms with Gasteiger partial charge in [-0.05, 0) is 30.5 Å². The Morgan fingerprint density at radius 2 is 2.04 bits per heavy atom. The van der Waals surface area contributed by atoms with Gasteiger partial charge in [-0.1, -0.05) is 30.7 Å². The molecule has 0 fully saturated rings. The van der Waals surface area contributed by atoms with Crippen molar-refractivity contribution in [3.8, 4) is 0 Å². The van der Waals surface area contributed by atoms with Crippen LogP contribution in [0.3, 0.4) is 0 Å². The number of nitrogens with zero attached hydrogens (tertiary/aromatic N) is 2. The van der Waals surface area contributed by atoms with Gasteiger partial charge >= 0.3 is 0 Å². The van der Waals surface area contributed by atoms with E-state index >= 15 is 0 Å². The number of benzene rings is 1. The number of carbonyl (C=O) groups excluding carboxylic acids is 2. The Labute approximate surface area is 141 Å². The Balaban J connectivity index is 1.77. The molecule has 5 nitrogen and oxygen atoms in total. The van der Waals surface area contributed by atoms with Crippen LogP contribution in [-0.2, 0) is 17.8 Å². The molecular weight excluding hydrogens is 302 g/mol. The first-order valence-electron chi connectivity index (χ1n) is 8.19. The molecular formula is C19H21N3O2. The van der Waals surface area contributed by atoms with Crippen LogP contribution in [0.2, 0.25) is 0 Å². The van der Waals surface area contributed by atoms with E-state index in [9.17, 15) is 9.59 Å². The lowest BCUT2D eigenvalue weighted by Gasteiger charge is -2.29. The molecule has 5 heteroatoms. The molecule has 1 aromatic heterocycles. The maximum atomic E-state index is 12.8. The zero-order valence-electron chi connectivity index (χ0n) is 14.0. The summed E-state index contributed by atoms with van der Waals surface area (Å²) < 4.78 is 0. The zero-order chi connectivity index (χ0) is 17.1. The van der Waals surface area contributed by atoms with Gasteiger partial charge in [0, 0.05) is 25.7 Å².